The van der Waals surface area contributed by atoms with Gasteiger partial charge in [-0.05, 0) is 48.7 Å². The molecule has 0 N–H and O–H groups in total. The van der Waals surface area contributed by atoms with E-state index in [1.54, 1.807) is 21.9 Å². The summed E-state index contributed by atoms with van der Waals surface area (Å²) in [7, 11) is 0. The summed E-state index contributed by atoms with van der Waals surface area (Å²) >= 11 is 7.86. The van der Waals surface area contributed by atoms with Crippen molar-refractivity contribution in [3.8, 4) is 0 Å². The first kappa shape index (κ1) is 21.1. The minimum Gasteiger partial charge on any atom is -0.340 e. The molecule has 0 aliphatic carbocycles. The molecule has 2 aromatic rings. The molecule has 0 aromatic heterocycles. The SMILES string of the molecule is Cc1ccccc1C1CCN(C(=O)CN2CCN(c3ccc(Cl)cc3)C2=O)CCS1. The number of anilines is 1. The zero-order valence-corrected chi connectivity index (χ0v) is 18.7. The molecule has 4 rings (SSSR count). The van der Waals surface area contributed by atoms with E-state index in [-0.39, 0.29) is 18.5 Å². The standard InChI is InChI=1S/C23H26ClN3O2S/c1-17-4-2-3-5-20(17)21-10-11-25(14-15-30-21)22(28)16-26-12-13-27(23(26)29)19-8-6-18(24)7-9-19/h2-9,21H,10-16H2,1H3. The Labute approximate surface area is 187 Å². The third kappa shape index (κ3) is 4.60. The van der Waals surface area contributed by atoms with Gasteiger partial charge < -0.3 is 9.80 Å². The van der Waals surface area contributed by atoms with Gasteiger partial charge in [-0.1, -0.05) is 35.9 Å². The molecule has 3 amide bonds. The summed E-state index contributed by atoms with van der Waals surface area (Å²) in [5.41, 5.74) is 3.48. The van der Waals surface area contributed by atoms with Crippen LogP contribution in [0.15, 0.2) is 48.5 Å². The topological polar surface area (TPSA) is 43.9 Å². The molecule has 0 bridgehead atoms. The Morgan fingerprint density at radius 1 is 1.07 bits per heavy atom. The number of aryl methyl sites for hydroxylation is 1. The average Bonchev–Trinajstić information content (AvgIpc) is 2.95. The molecular weight excluding hydrogens is 418 g/mol. The van der Waals surface area contributed by atoms with E-state index in [2.05, 4.69) is 31.2 Å². The second-order valence-electron chi connectivity index (χ2n) is 7.72. The van der Waals surface area contributed by atoms with Crippen LogP contribution >= 0.6 is 23.4 Å². The van der Waals surface area contributed by atoms with Gasteiger partial charge in [0.25, 0.3) is 0 Å². The van der Waals surface area contributed by atoms with Crippen molar-refractivity contribution < 1.29 is 9.59 Å². The van der Waals surface area contributed by atoms with Crippen LogP contribution in [-0.4, -0.2) is 60.2 Å². The van der Waals surface area contributed by atoms with E-state index in [1.807, 2.05) is 28.8 Å². The van der Waals surface area contributed by atoms with E-state index in [1.165, 1.54) is 11.1 Å². The number of urea groups is 1. The van der Waals surface area contributed by atoms with Crippen LogP contribution in [0, 0.1) is 6.92 Å². The monoisotopic (exact) mass is 443 g/mol. The minimum absolute atomic E-state index is 0.0346. The van der Waals surface area contributed by atoms with Gasteiger partial charge in [0, 0.05) is 47.9 Å². The second-order valence-corrected chi connectivity index (χ2v) is 9.46. The number of hydrogen-bond donors (Lipinski definition) is 0. The predicted octanol–water partition coefficient (Wildman–Crippen LogP) is 4.60. The van der Waals surface area contributed by atoms with Crippen LogP contribution in [0.25, 0.3) is 0 Å². The van der Waals surface area contributed by atoms with Gasteiger partial charge in [0.05, 0.1) is 0 Å². The third-order valence-corrected chi connectivity index (χ3v) is 7.35. The summed E-state index contributed by atoms with van der Waals surface area (Å²) in [5, 5.41) is 1.05. The van der Waals surface area contributed by atoms with Crippen molar-refractivity contribution in [3.63, 3.8) is 0 Å². The molecule has 158 valence electrons. The number of hydrogen-bond acceptors (Lipinski definition) is 3. The van der Waals surface area contributed by atoms with Crippen LogP contribution in [-0.2, 0) is 4.79 Å². The number of benzene rings is 2. The Hall–Kier alpha value is -2.18. The molecule has 0 spiro atoms. The first-order chi connectivity index (χ1) is 14.5. The normalized spacial score (nSPS) is 19.9. The molecule has 0 radical (unpaired) electrons. The Morgan fingerprint density at radius 3 is 2.60 bits per heavy atom. The van der Waals surface area contributed by atoms with Crippen molar-refractivity contribution in [2.45, 2.75) is 18.6 Å². The van der Waals surface area contributed by atoms with Gasteiger partial charge in [-0.25, -0.2) is 4.79 Å². The lowest BCUT2D eigenvalue weighted by Gasteiger charge is -2.24. The van der Waals surface area contributed by atoms with Crippen molar-refractivity contribution >= 4 is 41.0 Å². The van der Waals surface area contributed by atoms with E-state index in [4.69, 9.17) is 11.6 Å². The van der Waals surface area contributed by atoms with Crippen LogP contribution in [0.2, 0.25) is 5.02 Å². The summed E-state index contributed by atoms with van der Waals surface area (Å²) in [6, 6.07) is 15.6. The first-order valence-electron chi connectivity index (χ1n) is 10.3. The summed E-state index contributed by atoms with van der Waals surface area (Å²) in [4.78, 5) is 31.0. The van der Waals surface area contributed by atoms with Crippen LogP contribution in [0.3, 0.4) is 0 Å². The molecule has 1 unspecified atom stereocenters. The lowest BCUT2D eigenvalue weighted by atomic mass is 10.0. The Bertz CT molecular complexity index is 921. The van der Waals surface area contributed by atoms with Crippen molar-refractivity contribution in [1.82, 2.24) is 9.80 Å². The number of thioether (sulfide) groups is 1. The van der Waals surface area contributed by atoms with Crippen LogP contribution < -0.4 is 4.90 Å². The van der Waals surface area contributed by atoms with Gasteiger partial charge >= 0.3 is 6.03 Å². The van der Waals surface area contributed by atoms with E-state index in [9.17, 15) is 9.59 Å². The molecule has 2 aliphatic heterocycles. The fraction of sp³-hybridized carbons (Fsp3) is 0.391. The molecule has 2 aliphatic rings. The highest BCUT2D eigenvalue weighted by atomic mass is 35.5. The number of carbonyl (C=O) groups excluding carboxylic acids is 2. The summed E-state index contributed by atoms with van der Waals surface area (Å²) in [6.07, 6.45) is 0.937. The molecule has 2 saturated heterocycles. The minimum atomic E-state index is -0.118. The quantitative estimate of drug-likeness (QED) is 0.693. The Balaban J connectivity index is 1.34. The molecule has 7 heteroatoms. The second kappa shape index (κ2) is 9.31. The Kier molecular flexibility index (Phi) is 6.54. The number of halogens is 1. The maximum atomic E-state index is 12.9. The molecule has 30 heavy (non-hydrogen) atoms. The number of amides is 3. The number of rotatable bonds is 4. The maximum absolute atomic E-state index is 12.9. The lowest BCUT2D eigenvalue weighted by molar-refractivity contribution is -0.131. The zero-order chi connectivity index (χ0) is 21.1. The number of carbonyl (C=O) groups is 2. The van der Waals surface area contributed by atoms with Crippen molar-refractivity contribution in [2.75, 3.05) is 43.4 Å². The largest absolute Gasteiger partial charge is 0.340 e. The third-order valence-electron chi connectivity index (χ3n) is 5.79. The van der Waals surface area contributed by atoms with Crippen LogP contribution in [0.4, 0.5) is 10.5 Å². The fourth-order valence-electron chi connectivity index (χ4n) is 4.07. The maximum Gasteiger partial charge on any atom is 0.325 e. The zero-order valence-electron chi connectivity index (χ0n) is 17.1. The van der Waals surface area contributed by atoms with E-state index in [0.29, 0.717) is 23.4 Å². The molecule has 2 aromatic carbocycles. The summed E-state index contributed by atoms with van der Waals surface area (Å²) in [5.74, 6) is 0.947. The van der Waals surface area contributed by atoms with Crippen molar-refractivity contribution in [2.24, 2.45) is 0 Å². The van der Waals surface area contributed by atoms with Gasteiger partial charge in [-0.15, -0.1) is 0 Å². The highest BCUT2D eigenvalue weighted by Gasteiger charge is 2.32. The smallest absolute Gasteiger partial charge is 0.325 e. The van der Waals surface area contributed by atoms with Gasteiger partial charge in [-0.2, -0.15) is 11.8 Å². The van der Waals surface area contributed by atoms with Gasteiger partial charge in [0.15, 0.2) is 0 Å². The highest BCUT2D eigenvalue weighted by molar-refractivity contribution is 7.99. The fourth-order valence-corrected chi connectivity index (χ4v) is 5.52. The highest BCUT2D eigenvalue weighted by Crippen LogP contribution is 2.36. The van der Waals surface area contributed by atoms with Crippen molar-refractivity contribution in [3.05, 3.63) is 64.7 Å². The molecule has 0 saturated carbocycles. The van der Waals surface area contributed by atoms with E-state index >= 15 is 0 Å². The first-order valence-corrected chi connectivity index (χ1v) is 11.7. The molecular formula is C23H26ClN3O2S. The number of nitrogens with zero attached hydrogens (tertiary/aromatic N) is 3. The molecule has 5 nitrogen and oxygen atoms in total. The summed E-state index contributed by atoms with van der Waals surface area (Å²) < 4.78 is 0. The van der Waals surface area contributed by atoms with Crippen LogP contribution in [0.5, 0.6) is 0 Å². The van der Waals surface area contributed by atoms with Gasteiger partial charge in [-0.3, -0.25) is 9.69 Å². The average molecular weight is 444 g/mol. The van der Waals surface area contributed by atoms with Crippen LogP contribution in [0.1, 0.15) is 22.8 Å². The molecule has 2 fully saturated rings. The van der Waals surface area contributed by atoms with E-state index < -0.39 is 0 Å². The predicted molar refractivity (Wildman–Crippen MR) is 123 cm³/mol. The van der Waals surface area contributed by atoms with Crippen molar-refractivity contribution in [1.29, 1.82) is 0 Å². The summed E-state index contributed by atoms with van der Waals surface area (Å²) in [6.45, 7) is 4.89. The molecule has 1 atom stereocenters. The lowest BCUT2D eigenvalue weighted by Crippen LogP contribution is -2.43. The van der Waals surface area contributed by atoms with Gasteiger partial charge in [0.1, 0.15) is 6.54 Å². The molecule has 2 heterocycles. The Morgan fingerprint density at radius 2 is 1.83 bits per heavy atom. The van der Waals surface area contributed by atoms with E-state index in [0.717, 1.165) is 31.0 Å². The van der Waals surface area contributed by atoms with Gasteiger partial charge in [0.2, 0.25) is 5.91 Å².